The number of thioether (sulfide) groups is 1. The molecule has 26 heavy (non-hydrogen) atoms. The second kappa shape index (κ2) is 8.58. The van der Waals surface area contributed by atoms with Crippen LogP contribution in [0.3, 0.4) is 0 Å². The second-order valence-electron chi connectivity index (χ2n) is 5.75. The van der Waals surface area contributed by atoms with E-state index in [1.165, 1.54) is 0 Å². The first-order valence-corrected chi connectivity index (χ1v) is 9.55. The first-order chi connectivity index (χ1) is 12.7. The maximum atomic E-state index is 12.2. The summed E-state index contributed by atoms with van der Waals surface area (Å²) in [7, 11) is 0. The van der Waals surface area contributed by atoms with Crippen LogP contribution in [0, 0.1) is 6.92 Å². The monoisotopic (exact) mass is 367 g/mol. The quantitative estimate of drug-likeness (QED) is 0.511. The van der Waals surface area contributed by atoms with Crippen molar-refractivity contribution < 1.29 is 9.53 Å². The molecule has 1 aromatic heterocycles. The molecule has 1 heterocycles. The Labute approximate surface area is 157 Å². The third-order valence-corrected chi connectivity index (χ3v) is 4.51. The number of rotatable bonds is 7. The van der Waals surface area contributed by atoms with Crippen molar-refractivity contribution in [3.63, 3.8) is 0 Å². The van der Waals surface area contributed by atoms with Gasteiger partial charge in [-0.05, 0) is 55.1 Å². The van der Waals surface area contributed by atoms with Gasteiger partial charge in [-0.3, -0.25) is 9.36 Å². The van der Waals surface area contributed by atoms with E-state index in [0.29, 0.717) is 18.7 Å². The summed E-state index contributed by atoms with van der Waals surface area (Å²) in [5.41, 5.74) is 2.75. The van der Waals surface area contributed by atoms with E-state index in [4.69, 9.17) is 4.74 Å². The van der Waals surface area contributed by atoms with Crippen molar-refractivity contribution >= 4 is 17.7 Å². The molecule has 0 saturated heterocycles. The zero-order valence-electron chi connectivity index (χ0n) is 14.8. The fourth-order valence-electron chi connectivity index (χ4n) is 2.55. The van der Waals surface area contributed by atoms with Crippen LogP contribution in [0.15, 0.2) is 66.1 Å². The summed E-state index contributed by atoms with van der Waals surface area (Å²) in [6, 6.07) is 15.3. The number of benzene rings is 2. The second-order valence-corrected chi connectivity index (χ2v) is 6.53. The molecule has 0 spiro atoms. The Morgan fingerprint density at radius 3 is 2.77 bits per heavy atom. The van der Waals surface area contributed by atoms with Crippen molar-refractivity contribution in [1.82, 2.24) is 14.9 Å². The van der Waals surface area contributed by atoms with Gasteiger partial charge in [0.25, 0.3) is 5.91 Å². The highest BCUT2D eigenvalue weighted by Crippen LogP contribution is 2.18. The third kappa shape index (κ3) is 4.46. The van der Waals surface area contributed by atoms with Crippen molar-refractivity contribution in [2.45, 2.75) is 12.1 Å². The number of amides is 1. The van der Waals surface area contributed by atoms with E-state index in [0.717, 1.165) is 22.2 Å². The van der Waals surface area contributed by atoms with Crippen LogP contribution in [-0.4, -0.2) is 34.9 Å². The maximum Gasteiger partial charge on any atom is 0.251 e. The molecule has 2 aromatic carbocycles. The molecular formula is C20H21N3O2S. The summed E-state index contributed by atoms with van der Waals surface area (Å²) in [6.07, 6.45) is 5.66. The third-order valence-electron chi connectivity index (χ3n) is 3.84. The summed E-state index contributed by atoms with van der Waals surface area (Å²) >= 11 is 1.58. The minimum absolute atomic E-state index is 0.111. The molecule has 134 valence electrons. The van der Waals surface area contributed by atoms with Crippen LogP contribution >= 0.6 is 11.8 Å². The van der Waals surface area contributed by atoms with Crippen LogP contribution in [0.1, 0.15) is 15.9 Å². The van der Waals surface area contributed by atoms with E-state index in [1.807, 2.05) is 72.5 Å². The van der Waals surface area contributed by atoms with Crippen molar-refractivity contribution in [1.29, 1.82) is 0 Å². The molecule has 1 amide bonds. The van der Waals surface area contributed by atoms with Crippen LogP contribution in [0.4, 0.5) is 0 Å². The van der Waals surface area contributed by atoms with Gasteiger partial charge in [0.2, 0.25) is 0 Å². The van der Waals surface area contributed by atoms with E-state index in [2.05, 4.69) is 10.3 Å². The standard InChI is InChI=1S/C20H21N3O2S/c1-15-4-3-5-18(14-15)25-13-11-21-19(24)16-6-8-17(9-7-16)23-12-10-22-20(23)26-2/h3-10,12,14H,11,13H2,1-2H3,(H,21,24). The number of aryl methyl sites for hydroxylation is 1. The molecule has 5 nitrogen and oxygen atoms in total. The molecule has 0 aliphatic carbocycles. The Balaban J connectivity index is 1.52. The van der Waals surface area contributed by atoms with Crippen molar-refractivity contribution in [2.75, 3.05) is 19.4 Å². The SMILES string of the molecule is CSc1nccn1-c1ccc(C(=O)NCCOc2cccc(C)c2)cc1. The summed E-state index contributed by atoms with van der Waals surface area (Å²) in [5.74, 6) is 0.702. The zero-order valence-corrected chi connectivity index (χ0v) is 15.6. The highest BCUT2D eigenvalue weighted by molar-refractivity contribution is 7.98. The van der Waals surface area contributed by atoms with E-state index in [1.54, 1.807) is 18.0 Å². The van der Waals surface area contributed by atoms with Crippen LogP contribution in [0.2, 0.25) is 0 Å². The molecule has 0 unspecified atom stereocenters. The zero-order chi connectivity index (χ0) is 18.4. The predicted octanol–water partition coefficient (Wildman–Crippen LogP) is 3.71. The van der Waals surface area contributed by atoms with Gasteiger partial charge < -0.3 is 10.1 Å². The fourth-order valence-corrected chi connectivity index (χ4v) is 3.08. The number of nitrogens with zero attached hydrogens (tertiary/aromatic N) is 2. The van der Waals surface area contributed by atoms with Gasteiger partial charge in [-0.2, -0.15) is 0 Å². The highest BCUT2D eigenvalue weighted by atomic mass is 32.2. The molecular weight excluding hydrogens is 346 g/mol. The van der Waals surface area contributed by atoms with Gasteiger partial charge >= 0.3 is 0 Å². The van der Waals surface area contributed by atoms with Gasteiger partial charge in [-0.25, -0.2) is 4.98 Å². The van der Waals surface area contributed by atoms with Crippen LogP contribution in [-0.2, 0) is 0 Å². The van der Waals surface area contributed by atoms with Gasteiger partial charge in [0.05, 0.1) is 6.54 Å². The molecule has 0 fully saturated rings. The number of hydrogen-bond acceptors (Lipinski definition) is 4. The normalized spacial score (nSPS) is 10.5. The largest absolute Gasteiger partial charge is 0.492 e. The predicted molar refractivity (Wildman–Crippen MR) is 104 cm³/mol. The first-order valence-electron chi connectivity index (χ1n) is 8.33. The minimum atomic E-state index is -0.111. The van der Waals surface area contributed by atoms with Crippen molar-refractivity contribution in [3.8, 4) is 11.4 Å². The number of ether oxygens (including phenoxy) is 1. The van der Waals surface area contributed by atoms with Gasteiger partial charge in [0.15, 0.2) is 5.16 Å². The number of carbonyl (C=O) groups is 1. The van der Waals surface area contributed by atoms with Gasteiger partial charge in [0, 0.05) is 23.6 Å². The lowest BCUT2D eigenvalue weighted by Gasteiger charge is -2.09. The number of carbonyl (C=O) groups excluding carboxylic acids is 1. The Morgan fingerprint density at radius 2 is 2.04 bits per heavy atom. The van der Waals surface area contributed by atoms with E-state index >= 15 is 0 Å². The van der Waals surface area contributed by atoms with Crippen LogP contribution in [0.5, 0.6) is 5.75 Å². The van der Waals surface area contributed by atoms with Crippen LogP contribution < -0.4 is 10.1 Å². The Morgan fingerprint density at radius 1 is 1.23 bits per heavy atom. The van der Waals surface area contributed by atoms with Gasteiger partial charge in [0.1, 0.15) is 12.4 Å². The summed E-state index contributed by atoms with van der Waals surface area (Å²) in [6.45, 7) is 2.90. The molecule has 3 aromatic rings. The molecule has 3 rings (SSSR count). The van der Waals surface area contributed by atoms with Gasteiger partial charge in [-0.1, -0.05) is 23.9 Å². The lowest BCUT2D eigenvalue weighted by Crippen LogP contribution is -2.28. The molecule has 0 atom stereocenters. The Bertz CT molecular complexity index is 875. The summed E-state index contributed by atoms with van der Waals surface area (Å²) in [5, 5.41) is 3.79. The fraction of sp³-hybridized carbons (Fsp3) is 0.200. The molecule has 0 aliphatic rings. The smallest absolute Gasteiger partial charge is 0.251 e. The lowest BCUT2D eigenvalue weighted by molar-refractivity contribution is 0.0947. The Kier molecular flexibility index (Phi) is 5.96. The van der Waals surface area contributed by atoms with E-state index in [-0.39, 0.29) is 5.91 Å². The van der Waals surface area contributed by atoms with E-state index in [9.17, 15) is 4.79 Å². The minimum Gasteiger partial charge on any atom is -0.492 e. The Hall–Kier alpha value is -2.73. The van der Waals surface area contributed by atoms with Crippen molar-refractivity contribution in [3.05, 3.63) is 72.1 Å². The average Bonchev–Trinajstić information content (AvgIpc) is 3.14. The number of hydrogen-bond donors (Lipinski definition) is 1. The molecule has 6 heteroatoms. The number of nitrogens with one attached hydrogen (secondary N) is 1. The van der Waals surface area contributed by atoms with E-state index < -0.39 is 0 Å². The maximum absolute atomic E-state index is 12.2. The van der Waals surface area contributed by atoms with Crippen LogP contribution in [0.25, 0.3) is 5.69 Å². The number of imidazole rings is 1. The topological polar surface area (TPSA) is 56.2 Å². The summed E-state index contributed by atoms with van der Waals surface area (Å²) < 4.78 is 7.63. The molecule has 0 bridgehead atoms. The molecule has 0 saturated carbocycles. The first kappa shape index (κ1) is 18.1. The summed E-state index contributed by atoms with van der Waals surface area (Å²) in [4.78, 5) is 16.5. The number of aromatic nitrogens is 2. The molecule has 1 N–H and O–H groups in total. The van der Waals surface area contributed by atoms with Crippen molar-refractivity contribution in [2.24, 2.45) is 0 Å². The van der Waals surface area contributed by atoms with Gasteiger partial charge in [-0.15, -0.1) is 0 Å². The highest BCUT2D eigenvalue weighted by Gasteiger charge is 2.07. The molecule has 0 radical (unpaired) electrons. The lowest BCUT2D eigenvalue weighted by atomic mass is 10.2. The average molecular weight is 367 g/mol. The molecule has 0 aliphatic heterocycles.